The van der Waals surface area contributed by atoms with Crippen LogP contribution in [-0.2, 0) is 21.1 Å². The molecule has 0 aliphatic carbocycles. The molecule has 116 valence electrons. The summed E-state index contributed by atoms with van der Waals surface area (Å²) in [5.74, 6) is -0.670. The predicted octanol–water partition coefficient (Wildman–Crippen LogP) is 2.97. The molecule has 2 rings (SSSR count). The zero-order chi connectivity index (χ0) is 16.0. The van der Waals surface area contributed by atoms with Crippen LogP contribution in [-0.4, -0.2) is 25.3 Å². The minimum absolute atomic E-state index is 0.137. The van der Waals surface area contributed by atoms with Gasteiger partial charge in [-0.25, -0.2) is 12.8 Å². The van der Waals surface area contributed by atoms with Crippen LogP contribution in [0, 0.1) is 5.82 Å². The molecule has 0 fully saturated rings. The quantitative estimate of drug-likeness (QED) is 0.823. The van der Waals surface area contributed by atoms with E-state index >= 15 is 0 Å². The molecule has 1 aromatic carbocycles. The number of rotatable bonds is 3. The number of sulfone groups is 1. The van der Waals surface area contributed by atoms with Crippen molar-refractivity contribution in [3.63, 3.8) is 0 Å². The van der Waals surface area contributed by atoms with Crippen LogP contribution in [0.4, 0.5) is 10.1 Å². The molecule has 0 bridgehead atoms. The summed E-state index contributed by atoms with van der Waals surface area (Å²) < 4.78 is 36.9. The van der Waals surface area contributed by atoms with Gasteiger partial charge in [-0.1, -0.05) is 15.9 Å². The fraction of sp³-hybridized carbons (Fsp3) is 0.500. The average molecular weight is 378 g/mol. The van der Waals surface area contributed by atoms with E-state index in [1.807, 2.05) is 0 Å². The van der Waals surface area contributed by atoms with Crippen molar-refractivity contribution in [2.24, 2.45) is 0 Å². The number of carbonyl (C=O) groups is 1. The molecule has 1 atom stereocenters. The third kappa shape index (κ3) is 2.99. The Morgan fingerprint density at radius 2 is 1.95 bits per heavy atom. The number of alkyl halides is 1. The van der Waals surface area contributed by atoms with E-state index in [0.717, 1.165) is 11.8 Å². The van der Waals surface area contributed by atoms with Crippen LogP contribution in [0.5, 0.6) is 0 Å². The summed E-state index contributed by atoms with van der Waals surface area (Å²) in [5.41, 5.74) is 1.57. The second-order valence-electron chi connectivity index (χ2n) is 5.82. The number of carbonyl (C=O) groups excluding carboxylic acids is 1. The largest absolute Gasteiger partial charge is 0.326 e. The molecule has 4 nitrogen and oxygen atoms in total. The van der Waals surface area contributed by atoms with Gasteiger partial charge in [0.1, 0.15) is 5.82 Å². The van der Waals surface area contributed by atoms with Gasteiger partial charge in [0.15, 0.2) is 9.84 Å². The number of amides is 1. The van der Waals surface area contributed by atoms with E-state index in [0.29, 0.717) is 24.1 Å². The highest BCUT2D eigenvalue weighted by molar-refractivity contribution is 9.09. The van der Waals surface area contributed by atoms with Crippen molar-refractivity contribution in [1.82, 2.24) is 0 Å². The van der Waals surface area contributed by atoms with Gasteiger partial charge in [-0.05, 0) is 38.0 Å². The van der Waals surface area contributed by atoms with Crippen LogP contribution in [0.25, 0.3) is 0 Å². The number of aryl methyl sites for hydroxylation is 1. The first kappa shape index (κ1) is 16.4. The Labute approximate surface area is 132 Å². The first-order chi connectivity index (χ1) is 9.54. The van der Waals surface area contributed by atoms with Crippen LogP contribution in [0.15, 0.2) is 12.1 Å². The summed E-state index contributed by atoms with van der Waals surface area (Å²) in [6.07, 6.45) is 2.01. The fourth-order valence-electron chi connectivity index (χ4n) is 2.18. The van der Waals surface area contributed by atoms with Gasteiger partial charge in [0.2, 0.25) is 5.91 Å². The second-order valence-corrected chi connectivity index (χ2v) is 9.33. The minimum Gasteiger partial charge on any atom is -0.326 e. The number of nitrogens with one attached hydrogen (secondary N) is 1. The van der Waals surface area contributed by atoms with E-state index in [1.54, 1.807) is 19.9 Å². The standard InChI is InChI=1S/C14H17BrFNO3S/c1-14(2,21(3,19)20)13(15)9-6-8-4-5-12(18)17-11(8)7-10(9)16/h6-7,13H,4-5H2,1-3H3,(H,17,18). The molecular weight excluding hydrogens is 361 g/mol. The van der Waals surface area contributed by atoms with Gasteiger partial charge in [0, 0.05) is 23.9 Å². The van der Waals surface area contributed by atoms with Gasteiger partial charge in [-0.15, -0.1) is 0 Å². The molecule has 1 aliphatic rings. The lowest BCUT2D eigenvalue weighted by Crippen LogP contribution is -2.35. The molecule has 0 spiro atoms. The Balaban J connectivity index is 2.48. The van der Waals surface area contributed by atoms with Crippen molar-refractivity contribution >= 4 is 37.4 Å². The molecule has 1 N–H and O–H groups in total. The van der Waals surface area contributed by atoms with Gasteiger partial charge in [-0.3, -0.25) is 4.79 Å². The summed E-state index contributed by atoms with van der Waals surface area (Å²) in [6.45, 7) is 3.12. The maximum atomic E-state index is 14.3. The molecule has 0 saturated heterocycles. The van der Waals surface area contributed by atoms with Gasteiger partial charge < -0.3 is 5.32 Å². The molecule has 0 aromatic heterocycles. The Hall–Kier alpha value is -0.950. The SMILES string of the molecule is CC(C)(C(Br)c1cc2c(cc1F)NC(=O)CC2)S(C)(=O)=O. The highest BCUT2D eigenvalue weighted by Gasteiger charge is 2.40. The van der Waals surface area contributed by atoms with Crippen LogP contribution < -0.4 is 5.32 Å². The number of halogens is 2. The molecule has 0 saturated carbocycles. The first-order valence-electron chi connectivity index (χ1n) is 6.50. The lowest BCUT2D eigenvalue weighted by molar-refractivity contribution is -0.116. The lowest BCUT2D eigenvalue weighted by Gasteiger charge is -2.30. The van der Waals surface area contributed by atoms with E-state index in [2.05, 4.69) is 21.2 Å². The van der Waals surface area contributed by atoms with Crippen LogP contribution in [0.2, 0.25) is 0 Å². The number of benzene rings is 1. The highest BCUT2D eigenvalue weighted by atomic mass is 79.9. The predicted molar refractivity (Wildman–Crippen MR) is 83.9 cm³/mol. The van der Waals surface area contributed by atoms with Gasteiger partial charge in [0.05, 0.1) is 9.57 Å². The zero-order valence-corrected chi connectivity index (χ0v) is 14.4. The molecule has 21 heavy (non-hydrogen) atoms. The Bertz CT molecular complexity index is 700. The summed E-state index contributed by atoms with van der Waals surface area (Å²) in [6, 6.07) is 2.89. The Morgan fingerprint density at radius 3 is 2.52 bits per heavy atom. The van der Waals surface area contributed by atoms with Crippen molar-refractivity contribution in [2.45, 2.75) is 36.3 Å². The van der Waals surface area contributed by atoms with E-state index in [4.69, 9.17) is 0 Å². The molecule has 1 amide bonds. The molecule has 1 unspecified atom stereocenters. The smallest absolute Gasteiger partial charge is 0.224 e. The van der Waals surface area contributed by atoms with Crippen molar-refractivity contribution < 1.29 is 17.6 Å². The van der Waals surface area contributed by atoms with E-state index in [1.165, 1.54) is 6.07 Å². The second kappa shape index (κ2) is 5.35. The van der Waals surface area contributed by atoms with Gasteiger partial charge in [-0.2, -0.15) is 0 Å². The molecule has 1 heterocycles. The van der Waals surface area contributed by atoms with Crippen molar-refractivity contribution in [1.29, 1.82) is 0 Å². The maximum Gasteiger partial charge on any atom is 0.224 e. The number of anilines is 1. The van der Waals surface area contributed by atoms with Gasteiger partial charge in [0.25, 0.3) is 0 Å². The normalized spacial score (nSPS) is 17.1. The van der Waals surface area contributed by atoms with Crippen molar-refractivity contribution in [3.05, 3.63) is 29.1 Å². The van der Waals surface area contributed by atoms with Gasteiger partial charge >= 0.3 is 0 Å². The first-order valence-corrected chi connectivity index (χ1v) is 9.30. The van der Waals surface area contributed by atoms with Crippen LogP contribution in [0.1, 0.15) is 36.2 Å². The lowest BCUT2D eigenvalue weighted by atomic mass is 9.95. The molecular formula is C14H17BrFNO3S. The fourth-order valence-corrected chi connectivity index (χ4v) is 4.05. The highest BCUT2D eigenvalue weighted by Crippen LogP contribution is 2.42. The van der Waals surface area contributed by atoms with Crippen molar-refractivity contribution in [3.8, 4) is 0 Å². The summed E-state index contributed by atoms with van der Waals surface area (Å²) in [5, 5.41) is 2.62. The van der Waals surface area contributed by atoms with E-state index < -0.39 is 25.2 Å². The average Bonchev–Trinajstić information content (AvgIpc) is 2.35. The third-order valence-corrected chi connectivity index (χ3v) is 8.04. The summed E-state index contributed by atoms with van der Waals surface area (Å²) in [4.78, 5) is 10.6. The third-order valence-electron chi connectivity index (χ3n) is 3.96. The van der Waals surface area contributed by atoms with E-state index in [9.17, 15) is 17.6 Å². The van der Waals surface area contributed by atoms with Crippen LogP contribution >= 0.6 is 15.9 Å². The maximum absolute atomic E-state index is 14.3. The number of hydrogen-bond donors (Lipinski definition) is 1. The molecule has 1 aliphatic heterocycles. The Morgan fingerprint density at radius 1 is 1.33 bits per heavy atom. The van der Waals surface area contributed by atoms with Crippen LogP contribution in [0.3, 0.4) is 0 Å². The zero-order valence-electron chi connectivity index (χ0n) is 12.0. The van der Waals surface area contributed by atoms with E-state index in [-0.39, 0.29) is 5.91 Å². The molecule has 7 heteroatoms. The summed E-state index contributed by atoms with van der Waals surface area (Å²) in [7, 11) is -3.38. The topological polar surface area (TPSA) is 63.2 Å². The van der Waals surface area contributed by atoms with Crippen molar-refractivity contribution in [2.75, 3.05) is 11.6 Å². The summed E-state index contributed by atoms with van der Waals surface area (Å²) >= 11 is 3.33. The number of fused-ring (bicyclic) bond motifs is 1. The minimum atomic E-state index is -3.38. The molecule has 1 aromatic rings. The number of hydrogen-bond acceptors (Lipinski definition) is 3. The Kier molecular flexibility index (Phi) is 4.19. The molecule has 0 radical (unpaired) electrons. The monoisotopic (exact) mass is 377 g/mol.